The average molecular weight is 243 g/mol. The van der Waals surface area contributed by atoms with Crippen LogP contribution in [0.15, 0.2) is 18.2 Å². The van der Waals surface area contributed by atoms with Gasteiger partial charge in [0.15, 0.2) is 5.78 Å². The van der Waals surface area contributed by atoms with Crippen molar-refractivity contribution in [2.24, 2.45) is 5.92 Å². The Morgan fingerprint density at radius 1 is 1.40 bits per heavy atom. The summed E-state index contributed by atoms with van der Waals surface area (Å²) in [6.07, 6.45) is 2.61. The summed E-state index contributed by atoms with van der Waals surface area (Å²) in [6.45, 7) is 0. The Hall–Kier alpha value is -0.530. The minimum absolute atomic E-state index is 0.122. The van der Waals surface area contributed by atoms with Gasteiger partial charge in [0.1, 0.15) is 0 Å². The summed E-state index contributed by atoms with van der Waals surface area (Å²) in [5.41, 5.74) is 1.94. The number of hydrogen-bond donors (Lipinski definition) is 0. The lowest BCUT2D eigenvalue weighted by molar-refractivity contribution is 0.0930. The van der Waals surface area contributed by atoms with Crippen molar-refractivity contribution in [3.05, 3.63) is 34.3 Å². The standard InChI is InChI=1S/C12H12Cl2O/c13-5-1-2-8-6-9-7-10(14)3-4-11(9)12(8)15/h3-4,7-8H,1-2,5-6H2. The van der Waals surface area contributed by atoms with Gasteiger partial charge in [-0.05, 0) is 43.0 Å². The molecule has 0 heterocycles. The van der Waals surface area contributed by atoms with Gasteiger partial charge in [0.2, 0.25) is 0 Å². The maximum absolute atomic E-state index is 11.9. The predicted octanol–water partition coefficient (Wildman–Crippen LogP) is 3.71. The molecule has 0 saturated carbocycles. The molecule has 80 valence electrons. The van der Waals surface area contributed by atoms with Gasteiger partial charge in [-0.25, -0.2) is 0 Å². The molecule has 0 N–H and O–H groups in total. The van der Waals surface area contributed by atoms with Crippen molar-refractivity contribution in [2.45, 2.75) is 19.3 Å². The maximum Gasteiger partial charge on any atom is 0.166 e. The molecular weight excluding hydrogens is 231 g/mol. The lowest BCUT2D eigenvalue weighted by atomic mass is 10.00. The Kier molecular flexibility index (Phi) is 3.32. The first-order valence-corrected chi connectivity index (χ1v) is 6.02. The molecule has 1 aromatic rings. The molecule has 0 aliphatic heterocycles. The highest BCUT2D eigenvalue weighted by molar-refractivity contribution is 6.30. The van der Waals surface area contributed by atoms with E-state index in [1.54, 1.807) is 6.07 Å². The Morgan fingerprint density at radius 3 is 2.93 bits per heavy atom. The van der Waals surface area contributed by atoms with E-state index in [1.165, 1.54) is 0 Å². The van der Waals surface area contributed by atoms with Crippen molar-refractivity contribution >= 4 is 29.0 Å². The third-order valence-electron chi connectivity index (χ3n) is 2.86. The first-order valence-electron chi connectivity index (χ1n) is 5.11. The monoisotopic (exact) mass is 242 g/mol. The van der Waals surface area contributed by atoms with Crippen LogP contribution in [0.5, 0.6) is 0 Å². The summed E-state index contributed by atoms with van der Waals surface area (Å²) >= 11 is 11.5. The number of carbonyl (C=O) groups excluding carboxylic acids is 1. The molecule has 2 rings (SSSR count). The Bertz CT molecular complexity index is 387. The van der Waals surface area contributed by atoms with Crippen LogP contribution in [0.3, 0.4) is 0 Å². The fourth-order valence-corrected chi connectivity index (χ4v) is 2.46. The minimum atomic E-state index is 0.122. The summed E-state index contributed by atoms with van der Waals surface area (Å²) in [5.74, 6) is 1.00. The number of rotatable bonds is 3. The smallest absolute Gasteiger partial charge is 0.166 e. The number of hydrogen-bond acceptors (Lipinski definition) is 1. The van der Waals surface area contributed by atoms with E-state index in [0.29, 0.717) is 10.9 Å². The zero-order valence-corrected chi connectivity index (χ0v) is 9.81. The summed E-state index contributed by atoms with van der Waals surface area (Å²) in [4.78, 5) is 11.9. The molecule has 1 unspecified atom stereocenters. The highest BCUT2D eigenvalue weighted by Crippen LogP contribution is 2.31. The van der Waals surface area contributed by atoms with Crippen LogP contribution in [0.1, 0.15) is 28.8 Å². The topological polar surface area (TPSA) is 17.1 Å². The van der Waals surface area contributed by atoms with Gasteiger partial charge in [-0.3, -0.25) is 4.79 Å². The van der Waals surface area contributed by atoms with Crippen molar-refractivity contribution in [1.82, 2.24) is 0 Å². The number of carbonyl (C=O) groups is 1. The number of Topliss-reactive ketones (excluding diaryl/α,β-unsaturated/α-hetero) is 1. The van der Waals surface area contributed by atoms with Crippen molar-refractivity contribution in [3.8, 4) is 0 Å². The molecule has 0 bridgehead atoms. The first kappa shape index (κ1) is 11.0. The molecule has 1 aromatic carbocycles. The summed E-state index contributed by atoms with van der Waals surface area (Å²) in [6, 6.07) is 5.51. The summed E-state index contributed by atoms with van der Waals surface area (Å²) in [5, 5.41) is 0.708. The Morgan fingerprint density at radius 2 is 2.20 bits per heavy atom. The zero-order chi connectivity index (χ0) is 10.8. The number of halogens is 2. The molecule has 3 heteroatoms. The SMILES string of the molecule is O=C1c2ccc(Cl)cc2CC1CCCCl. The van der Waals surface area contributed by atoms with E-state index in [1.807, 2.05) is 12.1 Å². The van der Waals surface area contributed by atoms with Gasteiger partial charge in [-0.15, -0.1) is 11.6 Å². The van der Waals surface area contributed by atoms with Gasteiger partial charge < -0.3 is 0 Å². The first-order chi connectivity index (χ1) is 7.22. The maximum atomic E-state index is 11.9. The molecule has 1 nitrogen and oxygen atoms in total. The van der Waals surface area contributed by atoms with Crippen LogP contribution < -0.4 is 0 Å². The van der Waals surface area contributed by atoms with Crippen molar-refractivity contribution in [2.75, 3.05) is 5.88 Å². The van der Waals surface area contributed by atoms with Crippen molar-refractivity contribution < 1.29 is 4.79 Å². The summed E-state index contributed by atoms with van der Waals surface area (Å²) in [7, 11) is 0. The molecule has 0 amide bonds. The van der Waals surface area contributed by atoms with E-state index >= 15 is 0 Å². The normalized spacial score (nSPS) is 19.3. The molecule has 0 saturated heterocycles. The van der Waals surface area contributed by atoms with Gasteiger partial charge >= 0.3 is 0 Å². The second-order valence-electron chi connectivity index (χ2n) is 3.90. The molecule has 0 radical (unpaired) electrons. The molecule has 1 aliphatic carbocycles. The molecule has 1 aliphatic rings. The number of alkyl halides is 1. The van der Waals surface area contributed by atoms with Crippen LogP contribution in [-0.2, 0) is 6.42 Å². The van der Waals surface area contributed by atoms with Crippen LogP contribution >= 0.6 is 23.2 Å². The molecule has 0 aromatic heterocycles. The molecule has 1 atom stereocenters. The highest BCUT2D eigenvalue weighted by Gasteiger charge is 2.29. The van der Waals surface area contributed by atoms with Crippen LogP contribution in [0, 0.1) is 5.92 Å². The van der Waals surface area contributed by atoms with Crippen molar-refractivity contribution in [1.29, 1.82) is 0 Å². The van der Waals surface area contributed by atoms with E-state index in [2.05, 4.69) is 0 Å². The van der Waals surface area contributed by atoms with Gasteiger partial charge in [0.05, 0.1) is 0 Å². The van der Waals surface area contributed by atoms with E-state index in [4.69, 9.17) is 23.2 Å². The lowest BCUT2D eigenvalue weighted by Gasteiger charge is -2.04. The van der Waals surface area contributed by atoms with Crippen LogP contribution in [-0.4, -0.2) is 11.7 Å². The number of ketones is 1. The minimum Gasteiger partial charge on any atom is -0.294 e. The third-order valence-corrected chi connectivity index (χ3v) is 3.36. The van der Waals surface area contributed by atoms with Gasteiger partial charge in [-0.1, -0.05) is 11.6 Å². The largest absolute Gasteiger partial charge is 0.294 e. The number of benzene rings is 1. The van der Waals surface area contributed by atoms with E-state index in [9.17, 15) is 4.79 Å². The highest BCUT2D eigenvalue weighted by atomic mass is 35.5. The second-order valence-corrected chi connectivity index (χ2v) is 4.71. The van der Waals surface area contributed by atoms with E-state index in [0.717, 1.165) is 30.4 Å². The lowest BCUT2D eigenvalue weighted by Crippen LogP contribution is -2.08. The fraction of sp³-hybridized carbons (Fsp3) is 0.417. The quantitative estimate of drug-likeness (QED) is 0.739. The molecular formula is C12H12Cl2O. The zero-order valence-electron chi connectivity index (χ0n) is 8.30. The number of fused-ring (bicyclic) bond motifs is 1. The van der Waals surface area contributed by atoms with Gasteiger partial charge in [-0.2, -0.15) is 0 Å². The Labute approximate surface area is 99.4 Å². The Balaban J connectivity index is 2.18. The van der Waals surface area contributed by atoms with E-state index < -0.39 is 0 Å². The van der Waals surface area contributed by atoms with Crippen molar-refractivity contribution in [3.63, 3.8) is 0 Å². The average Bonchev–Trinajstić information content (AvgIpc) is 2.52. The van der Waals surface area contributed by atoms with Crippen LogP contribution in [0.2, 0.25) is 5.02 Å². The molecule has 0 fully saturated rings. The second kappa shape index (κ2) is 4.54. The third kappa shape index (κ3) is 2.19. The molecule has 15 heavy (non-hydrogen) atoms. The van der Waals surface area contributed by atoms with Gasteiger partial charge in [0, 0.05) is 22.4 Å². The summed E-state index contributed by atoms with van der Waals surface area (Å²) < 4.78 is 0. The fourth-order valence-electron chi connectivity index (χ4n) is 2.11. The molecule has 0 spiro atoms. The van der Waals surface area contributed by atoms with Gasteiger partial charge in [0.25, 0.3) is 0 Å². The predicted molar refractivity (Wildman–Crippen MR) is 62.9 cm³/mol. The van der Waals surface area contributed by atoms with E-state index in [-0.39, 0.29) is 11.7 Å². The van der Waals surface area contributed by atoms with Crippen LogP contribution in [0.25, 0.3) is 0 Å². The van der Waals surface area contributed by atoms with Crippen LogP contribution in [0.4, 0.5) is 0 Å².